The first-order valence-corrected chi connectivity index (χ1v) is 9.22. The first-order valence-electron chi connectivity index (χ1n) is 9.22. The smallest absolute Gasteiger partial charge is 0.0314 e. The summed E-state index contributed by atoms with van der Waals surface area (Å²) in [4.78, 5) is 2.76. The van der Waals surface area contributed by atoms with Crippen molar-refractivity contribution < 1.29 is 0 Å². The van der Waals surface area contributed by atoms with Crippen LogP contribution in [0.15, 0.2) is 5.11 Å². The summed E-state index contributed by atoms with van der Waals surface area (Å²) in [5.74, 6) is 0. The van der Waals surface area contributed by atoms with Gasteiger partial charge in [0.2, 0.25) is 0 Å². The van der Waals surface area contributed by atoms with E-state index in [0.29, 0.717) is 6.54 Å². The minimum absolute atomic E-state index is 0. The van der Waals surface area contributed by atoms with Crippen molar-refractivity contribution in [1.82, 2.24) is 0 Å². The van der Waals surface area contributed by atoms with E-state index in [1.54, 1.807) is 0 Å². The molecule has 0 unspecified atom stereocenters. The SMILES string of the molecule is CC(C)(C)C(C)(C)CN=[N+]=[N-].CC(C)(C)C(C)(C)N.CC(C)(C)N.CN. The summed E-state index contributed by atoms with van der Waals surface area (Å²) in [5.41, 5.74) is 24.2. The molecule has 6 nitrogen and oxygen atoms in total. The molecular weight excluding hydrogens is 324 g/mol. The van der Waals surface area contributed by atoms with Crippen molar-refractivity contribution in [3.63, 3.8) is 0 Å². The largest absolute Gasteiger partial charge is 0.333 e. The highest BCUT2D eigenvalue weighted by Gasteiger charge is 2.31. The number of azide groups is 1. The molecule has 0 bridgehead atoms. The third-order valence-corrected chi connectivity index (χ3v) is 4.49. The van der Waals surface area contributed by atoms with E-state index < -0.39 is 0 Å². The average molecular weight is 375 g/mol. The Bertz CT molecular complexity index is 362. The van der Waals surface area contributed by atoms with E-state index in [9.17, 15) is 0 Å². The van der Waals surface area contributed by atoms with Gasteiger partial charge in [-0.15, -0.1) is 0 Å². The standard InChI is InChI=1S/C8H17N3.C7H17N.C4H11N.CH5N/c1-7(2,3)8(4,5)6-10-11-9;1-6(2,3)7(4,5)8;1-4(2,3)5;1-2/h6H2,1-5H3;8H2,1-5H3;5H2,1-3H3;2H2,1H3. The van der Waals surface area contributed by atoms with Crippen LogP contribution in [0.2, 0.25) is 0 Å². The zero-order valence-corrected chi connectivity index (χ0v) is 20.3. The summed E-state index contributed by atoms with van der Waals surface area (Å²) >= 11 is 0. The van der Waals surface area contributed by atoms with E-state index in [1.165, 1.54) is 7.05 Å². The minimum Gasteiger partial charge on any atom is -0.333 e. The second kappa shape index (κ2) is 12.6. The average Bonchev–Trinajstić information content (AvgIpc) is 2.34. The summed E-state index contributed by atoms with van der Waals surface area (Å²) in [5, 5.41) is 3.59. The Hall–Kier alpha value is -0.810. The molecule has 0 rings (SSSR count). The molecule has 6 heteroatoms. The summed E-state index contributed by atoms with van der Waals surface area (Å²) in [7, 11) is 1.50. The van der Waals surface area contributed by atoms with E-state index in [-0.39, 0.29) is 27.3 Å². The summed E-state index contributed by atoms with van der Waals surface area (Å²) in [6.07, 6.45) is 0. The first-order chi connectivity index (χ1) is 11.1. The number of hydrogen-bond acceptors (Lipinski definition) is 4. The van der Waals surface area contributed by atoms with E-state index in [4.69, 9.17) is 17.0 Å². The van der Waals surface area contributed by atoms with Crippen molar-refractivity contribution in [2.45, 2.75) is 101 Å². The Balaban J connectivity index is -0.000000142. The highest BCUT2D eigenvalue weighted by Crippen LogP contribution is 2.37. The van der Waals surface area contributed by atoms with Gasteiger partial charge < -0.3 is 17.2 Å². The van der Waals surface area contributed by atoms with Gasteiger partial charge in [0.1, 0.15) is 0 Å². The third kappa shape index (κ3) is 23.2. The van der Waals surface area contributed by atoms with Crippen molar-refractivity contribution in [3.05, 3.63) is 10.4 Å². The Morgan fingerprint density at radius 3 is 1.04 bits per heavy atom. The molecule has 0 aromatic rings. The van der Waals surface area contributed by atoms with Gasteiger partial charge in [-0.3, -0.25) is 0 Å². The first kappa shape index (κ1) is 32.8. The fourth-order valence-corrected chi connectivity index (χ4v) is 0.446. The lowest BCUT2D eigenvalue weighted by molar-refractivity contribution is 0.142. The lowest BCUT2D eigenvalue weighted by Gasteiger charge is -2.37. The highest BCUT2D eigenvalue weighted by atomic mass is 15.1. The van der Waals surface area contributed by atoms with E-state index in [0.717, 1.165) is 0 Å². The number of rotatable bonds is 2. The monoisotopic (exact) mass is 374 g/mol. The normalized spacial score (nSPS) is 12.2. The maximum absolute atomic E-state index is 8.15. The quantitative estimate of drug-likeness (QED) is 0.337. The molecule has 0 atom stereocenters. The van der Waals surface area contributed by atoms with Gasteiger partial charge in [-0.2, -0.15) is 0 Å². The second-order valence-electron chi connectivity index (χ2n) is 10.9. The predicted molar refractivity (Wildman–Crippen MR) is 119 cm³/mol. The van der Waals surface area contributed by atoms with Crippen LogP contribution >= 0.6 is 0 Å². The highest BCUT2D eigenvalue weighted by molar-refractivity contribution is 4.86. The molecular formula is C20H50N6. The van der Waals surface area contributed by atoms with Crippen LogP contribution in [-0.4, -0.2) is 24.7 Å². The Morgan fingerprint density at radius 1 is 0.692 bits per heavy atom. The molecule has 160 valence electrons. The van der Waals surface area contributed by atoms with Gasteiger partial charge in [0.25, 0.3) is 0 Å². The van der Waals surface area contributed by atoms with Crippen molar-refractivity contribution in [3.8, 4) is 0 Å². The third-order valence-electron chi connectivity index (χ3n) is 4.49. The molecule has 0 aliphatic heterocycles. The van der Waals surface area contributed by atoms with Gasteiger partial charge in [0.15, 0.2) is 0 Å². The van der Waals surface area contributed by atoms with Crippen molar-refractivity contribution in [1.29, 1.82) is 0 Å². The van der Waals surface area contributed by atoms with Gasteiger partial charge >= 0.3 is 0 Å². The van der Waals surface area contributed by atoms with Crippen molar-refractivity contribution in [2.75, 3.05) is 13.6 Å². The molecule has 0 aliphatic rings. The molecule has 0 aliphatic carbocycles. The fraction of sp³-hybridized carbons (Fsp3) is 1.00. The van der Waals surface area contributed by atoms with Gasteiger partial charge in [-0.1, -0.05) is 60.5 Å². The molecule has 0 fully saturated rings. The van der Waals surface area contributed by atoms with Crippen LogP contribution in [0.1, 0.15) is 90.0 Å². The van der Waals surface area contributed by atoms with E-state index >= 15 is 0 Å². The maximum Gasteiger partial charge on any atom is 0.0314 e. The second-order valence-corrected chi connectivity index (χ2v) is 10.9. The van der Waals surface area contributed by atoms with Gasteiger partial charge in [0, 0.05) is 22.5 Å². The van der Waals surface area contributed by atoms with Crippen LogP contribution in [0.5, 0.6) is 0 Å². The zero-order chi connectivity index (χ0) is 22.6. The van der Waals surface area contributed by atoms with Crippen LogP contribution in [0.3, 0.4) is 0 Å². The van der Waals surface area contributed by atoms with Crippen LogP contribution < -0.4 is 17.2 Å². The van der Waals surface area contributed by atoms with Crippen LogP contribution in [-0.2, 0) is 0 Å². The van der Waals surface area contributed by atoms with E-state index in [1.807, 2.05) is 34.6 Å². The molecule has 0 aromatic heterocycles. The molecule has 0 radical (unpaired) electrons. The Morgan fingerprint density at radius 2 is 0.923 bits per heavy atom. The molecule has 0 spiro atoms. The molecule has 0 aromatic carbocycles. The molecule has 0 amide bonds. The van der Waals surface area contributed by atoms with Crippen LogP contribution in [0, 0.1) is 16.2 Å². The molecule has 26 heavy (non-hydrogen) atoms. The topological polar surface area (TPSA) is 127 Å². The molecule has 0 saturated heterocycles. The van der Waals surface area contributed by atoms with Gasteiger partial charge in [0.05, 0.1) is 0 Å². The maximum atomic E-state index is 8.15. The summed E-state index contributed by atoms with van der Waals surface area (Å²) in [6.45, 7) is 27.7. The lowest BCUT2D eigenvalue weighted by Crippen LogP contribution is -2.45. The molecule has 6 N–H and O–H groups in total. The molecule has 0 saturated carbocycles. The number of hydrogen-bond donors (Lipinski definition) is 3. The zero-order valence-electron chi connectivity index (χ0n) is 20.3. The van der Waals surface area contributed by atoms with Crippen LogP contribution in [0.25, 0.3) is 10.4 Å². The van der Waals surface area contributed by atoms with Gasteiger partial charge in [-0.25, -0.2) is 0 Å². The van der Waals surface area contributed by atoms with Gasteiger partial charge in [-0.05, 0) is 63.4 Å². The summed E-state index contributed by atoms with van der Waals surface area (Å²) < 4.78 is 0. The number of nitrogens with zero attached hydrogens (tertiary/aromatic N) is 3. The summed E-state index contributed by atoms with van der Waals surface area (Å²) in [6, 6.07) is 0. The number of nitrogens with two attached hydrogens (primary N) is 3. The minimum atomic E-state index is -0.0625. The fourth-order valence-electron chi connectivity index (χ4n) is 0.446. The van der Waals surface area contributed by atoms with Crippen molar-refractivity contribution >= 4 is 0 Å². The van der Waals surface area contributed by atoms with Crippen LogP contribution in [0.4, 0.5) is 0 Å². The Kier molecular flexibility index (Phi) is 15.9. The Labute approximate surface area is 164 Å². The van der Waals surface area contributed by atoms with E-state index in [2.05, 4.69) is 71.1 Å². The molecule has 0 heterocycles. The lowest BCUT2D eigenvalue weighted by atomic mass is 9.69. The van der Waals surface area contributed by atoms with Crippen molar-refractivity contribution in [2.24, 2.45) is 38.6 Å². The predicted octanol–water partition coefficient (Wildman–Crippen LogP) is 5.46.